The van der Waals surface area contributed by atoms with Crippen LogP contribution in [0.3, 0.4) is 0 Å². The molecule has 0 aromatic heterocycles. The number of hydrogen-bond acceptors (Lipinski definition) is 2. The monoisotopic (exact) mass is 312 g/mol. The van der Waals surface area contributed by atoms with Gasteiger partial charge >= 0.3 is 0 Å². The lowest BCUT2D eigenvalue weighted by Crippen LogP contribution is -2.01. The highest BCUT2D eigenvalue weighted by molar-refractivity contribution is 7.28. The number of benzene rings is 3. The molecule has 1 unspecified atom stereocenters. The number of hydrogen-bond donors (Lipinski definition) is 0. The minimum atomic E-state index is 0.623. The Balaban J connectivity index is 2.36. The summed E-state index contributed by atoms with van der Waals surface area (Å²) in [6.07, 6.45) is 0. The van der Waals surface area contributed by atoms with Crippen molar-refractivity contribution in [2.24, 2.45) is 0 Å². The number of nitriles is 2. The van der Waals surface area contributed by atoms with Crippen LogP contribution in [0.2, 0.25) is 0 Å². The van der Waals surface area contributed by atoms with Crippen molar-refractivity contribution in [3.8, 4) is 34.4 Å². The molecule has 0 heterocycles. The van der Waals surface area contributed by atoms with Crippen LogP contribution >= 0.6 is 9.24 Å². The molecule has 0 aliphatic heterocycles. The molecule has 2 nitrogen and oxygen atoms in total. The van der Waals surface area contributed by atoms with Crippen molar-refractivity contribution in [3.63, 3.8) is 0 Å². The first-order valence-electron chi connectivity index (χ1n) is 7.13. The summed E-state index contributed by atoms with van der Waals surface area (Å²) in [5.74, 6) is 0. The molecule has 0 spiro atoms. The standard InChI is InChI=1S/C20H13N2P/c21-12-14-6-1-3-8-16(14)18-10-5-11-19(23)20(18)17-9-4-2-7-15(17)13-22/h1-11H,23H2. The smallest absolute Gasteiger partial charge is 0.0998 e. The van der Waals surface area contributed by atoms with Crippen LogP contribution in [-0.2, 0) is 0 Å². The summed E-state index contributed by atoms with van der Waals surface area (Å²) in [5.41, 5.74) is 4.93. The molecule has 0 radical (unpaired) electrons. The third-order valence-electron chi connectivity index (χ3n) is 3.75. The molecule has 1 atom stereocenters. The molecule has 0 bridgehead atoms. The maximum absolute atomic E-state index is 9.42. The Bertz CT molecular complexity index is 962. The second-order valence-corrected chi connectivity index (χ2v) is 5.71. The third kappa shape index (κ3) is 2.74. The largest absolute Gasteiger partial charge is 0.192 e. The summed E-state index contributed by atoms with van der Waals surface area (Å²) in [6, 6.07) is 25.5. The minimum absolute atomic E-state index is 0.623. The summed E-state index contributed by atoms with van der Waals surface area (Å²) >= 11 is 0. The summed E-state index contributed by atoms with van der Waals surface area (Å²) in [4.78, 5) is 0. The van der Waals surface area contributed by atoms with Crippen LogP contribution in [0, 0.1) is 22.7 Å². The molecular formula is C20H13N2P. The minimum Gasteiger partial charge on any atom is -0.192 e. The van der Waals surface area contributed by atoms with Gasteiger partial charge in [0.25, 0.3) is 0 Å². The van der Waals surface area contributed by atoms with Gasteiger partial charge in [-0.3, -0.25) is 0 Å². The van der Waals surface area contributed by atoms with E-state index in [1.807, 2.05) is 66.7 Å². The van der Waals surface area contributed by atoms with Crippen LogP contribution in [0.4, 0.5) is 0 Å². The highest BCUT2D eigenvalue weighted by Gasteiger charge is 2.15. The van der Waals surface area contributed by atoms with Crippen molar-refractivity contribution in [1.82, 2.24) is 0 Å². The van der Waals surface area contributed by atoms with Crippen molar-refractivity contribution in [2.45, 2.75) is 0 Å². The van der Waals surface area contributed by atoms with E-state index in [0.29, 0.717) is 11.1 Å². The van der Waals surface area contributed by atoms with Gasteiger partial charge < -0.3 is 0 Å². The van der Waals surface area contributed by atoms with Crippen LogP contribution in [0.1, 0.15) is 11.1 Å². The van der Waals surface area contributed by atoms with Gasteiger partial charge in [-0.2, -0.15) is 10.5 Å². The lowest BCUT2D eigenvalue weighted by Gasteiger charge is -2.15. The fraction of sp³-hybridized carbons (Fsp3) is 0. The predicted molar refractivity (Wildman–Crippen MR) is 96.1 cm³/mol. The molecule has 0 N–H and O–H groups in total. The van der Waals surface area contributed by atoms with E-state index in [0.717, 1.165) is 27.6 Å². The SMILES string of the molecule is N#Cc1ccccc1-c1cccc(P)c1-c1ccccc1C#N. The normalized spacial score (nSPS) is 9.87. The molecule has 23 heavy (non-hydrogen) atoms. The van der Waals surface area contributed by atoms with Crippen LogP contribution in [0.5, 0.6) is 0 Å². The third-order valence-corrected chi connectivity index (χ3v) is 4.23. The van der Waals surface area contributed by atoms with E-state index in [2.05, 4.69) is 21.4 Å². The van der Waals surface area contributed by atoms with Gasteiger partial charge in [0.1, 0.15) is 0 Å². The highest BCUT2D eigenvalue weighted by atomic mass is 31.0. The molecule has 0 aliphatic rings. The van der Waals surface area contributed by atoms with Crippen LogP contribution < -0.4 is 5.30 Å². The quantitative estimate of drug-likeness (QED) is 0.664. The van der Waals surface area contributed by atoms with Gasteiger partial charge in [0, 0.05) is 11.1 Å². The van der Waals surface area contributed by atoms with Crippen LogP contribution in [-0.4, -0.2) is 0 Å². The first-order valence-corrected chi connectivity index (χ1v) is 7.71. The zero-order chi connectivity index (χ0) is 16.2. The van der Waals surface area contributed by atoms with Gasteiger partial charge in [0.15, 0.2) is 0 Å². The summed E-state index contributed by atoms with van der Waals surface area (Å²) in [7, 11) is 2.73. The Morgan fingerprint density at radius 2 is 1.13 bits per heavy atom. The first-order chi connectivity index (χ1) is 11.3. The molecule has 0 amide bonds. The molecule has 108 valence electrons. The topological polar surface area (TPSA) is 47.6 Å². The van der Waals surface area contributed by atoms with Crippen LogP contribution in [0.25, 0.3) is 22.3 Å². The lowest BCUT2D eigenvalue weighted by molar-refractivity contribution is 1.47. The Hall–Kier alpha value is -2.93. The van der Waals surface area contributed by atoms with E-state index in [4.69, 9.17) is 0 Å². The summed E-state index contributed by atoms with van der Waals surface area (Å²) < 4.78 is 0. The maximum atomic E-state index is 9.42. The summed E-state index contributed by atoms with van der Waals surface area (Å²) in [5, 5.41) is 19.8. The van der Waals surface area contributed by atoms with Crippen molar-refractivity contribution in [2.75, 3.05) is 0 Å². The Labute approximate surface area is 137 Å². The van der Waals surface area contributed by atoms with Crippen molar-refractivity contribution < 1.29 is 0 Å². The van der Waals surface area contributed by atoms with E-state index < -0.39 is 0 Å². The van der Waals surface area contributed by atoms with Gasteiger partial charge in [-0.1, -0.05) is 54.6 Å². The van der Waals surface area contributed by atoms with Crippen molar-refractivity contribution in [1.29, 1.82) is 10.5 Å². The second-order valence-electron chi connectivity index (χ2n) is 5.08. The van der Waals surface area contributed by atoms with E-state index in [1.54, 1.807) is 0 Å². The number of nitrogens with zero attached hydrogens (tertiary/aromatic N) is 2. The van der Waals surface area contributed by atoms with E-state index in [1.165, 1.54) is 0 Å². The Morgan fingerprint density at radius 3 is 1.78 bits per heavy atom. The molecule has 3 rings (SSSR count). The van der Waals surface area contributed by atoms with Gasteiger partial charge in [0.05, 0.1) is 23.3 Å². The molecular weight excluding hydrogens is 299 g/mol. The summed E-state index contributed by atoms with van der Waals surface area (Å²) in [6.45, 7) is 0. The first kappa shape index (κ1) is 15.0. The zero-order valence-corrected chi connectivity index (χ0v) is 13.5. The zero-order valence-electron chi connectivity index (χ0n) is 12.3. The molecule has 0 saturated carbocycles. The molecule has 0 saturated heterocycles. The molecule has 3 aromatic rings. The maximum Gasteiger partial charge on any atom is 0.0998 e. The van der Waals surface area contributed by atoms with Crippen molar-refractivity contribution >= 4 is 14.5 Å². The lowest BCUT2D eigenvalue weighted by atomic mass is 9.90. The van der Waals surface area contributed by atoms with Gasteiger partial charge in [-0.05, 0) is 28.6 Å². The van der Waals surface area contributed by atoms with Gasteiger partial charge in [0.2, 0.25) is 0 Å². The fourth-order valence-electron chi connectivity index (χ4n) is 2.71. The van der Waals surface area contributed by atoms with Gasteiger partial charge in [-0.15, -0.1) is 9.24 Å². The van der Waals surface area contributed by atoms with Crippen molar-refractivity contribution in [3.05, 3.63) is 77.9 Å². The number of rotatable bonds is 2. The molecule has 0 aliphatic carbocycles. The average molecular weight is 312 g/mol. The average Bonchev–Trinajstić information content (AvgIpc) is 2.61. The molecule has 3 aromatic carbocycles. The van der Waals surface area contributed by atoms with E-state index in [-0.39, 0.29) is 0 Å². The van der Waals surface area contributed by atoms with Gasteiger partial charge in [-0.25, -0.2) is 0 Å². The fourth-order valence-corrected chi connectivity index (χ4v) is 3.13. The Morgan fingerprint density at radius 1 is 0.609 bits per heavy atom. The Kier molecular flexibility index (Phi) is 4.20. The second kappa shape index (κ2) is 6.45. The predicted octanol–water partition coefficient (Wildman–Crippen LogP) is 4.26. The molecule has 3 heteroatoms. The van der Waals surface area contributed by atoms with E-state index >= 15 is 0 Å². The molecule has 0 fully saturated rings. The van der Waals surface area contributed by atoms with E-state index in [9.17, 15) is 10.5 Å². The highest BCUT2D eigenvalue weighted by Crippen LogP contribution is 2.35. The van der Waals surface area contributed by atoms with Crippen LogP contribution in [0.15, 0.2) is 66.7 Å².